The van der Waals surface area contributed by atoms with Gasteiger partial charge in [-0.3, -0.25) is 0 Å². The van der Waals surface area contributed by atoms with Gasteiger partial charge in [0.05, 0.1) is 13.2 Å². The first-order valence-electron chi connectivity index (χ1n) is 5.91. The van der Waals surface area contributed by atoms with Crippen molar-refractivity contribution in [1.29, 1.82) is 0 Å². The maximum atomic E-state index is 5.46. The highest BCUT2D eigenvalue weighted by atomic mass is 16.5. The summed E-state index contributed by atoms with van der Waals surface area (Å²) in [6.45, 7) is 7.76. The fourth-order valence-electron chi connectivity index (χ4n) is 2.51. The van der Waals surface area contributed by atoms with Gasteiger partial charge in [0.2, 0.25) is 0 Å². The van der Waals surface area contributed by atoms with Crippen LogP contribution in [-0.4, -0.2) is 49.8 Å². The summed E-state index contributed by atoms with van der Waals surface area (Å²) in [7, 11) is 0. The van der Waals surface area contributed by atoms with Crippen LogP contribution in [0.2, 0.25) is 0 Å². The Labute approximate surface area is 86.8 Å². The van der Waals surface area contributed by atoms with Gasteiger partial charge in [0, 0.05) is 18.6 Å². The van der Waals surface area contributed by atoms with E-state index in [-0.39, 0.29) is 0 Å². The molecule has 2 fully saturated rings. The van der Waals surface area contributed by atoms with Gasteiger partial charge in [0.25, 0.3) is 0 Å². The second kappa shape index (κ2) is 5.10. The Morgan fingerprint density at radius 3 is 2.86 bits per heavy atom. The zero-order valence-corrected chi connectivity index (χ0v) is 9.17. The Morgan fingerprint density at radius 2 is 2.21 bits per heavy atom. The van der Waals surface area contributed by atoms with E-state index in [9.17, 15) is 0 Å². The molecular formula is C11H22N2O. The number of morpholine rings is 1. The molecule has 0 bridgehead atoms. The third kappa shape index (κ3) is 2.69. The second-order valence-electron chi connectivity index (χ2n) is 4.55. The monoisotopic (exact) mass is 198 g/mol. The van der Waals surface area contributed by atoms with Crippen molar-refractivity contribution in [2.24, 2.45) is 0 Å². The number of nitrogens with zero attached hydrogens (tertiary/aromatic N) is 1. The standard InChI is InChI=1S/C11H22N2O/c1-10(13-5-2-3-6-13)8-11-9-14-7-4-12-11/h10-12H,2-9H2,1H3. The molecule has 2 aliphatic heterocycles. The van der Waals surface area contributed by atoms with E-state index in [2.05, 4.69) is 17.1 Å². The summed E-state index contributed by atoms with van der Waals surface area (Å²) in [6, 6.07) is 1.30. The lowest BCUT2D eigenvalue weighted by atomic mass is 10.1. The van der Waals surface area contributed by atoms with Gasteiger partial charge in [0.1, 0.15) is 0 Å². The normalized spacial score (nSPS) is 31.9. The molecule has 2 heterocycles. The minimum absolute atomic E-state index is 0.583. The molecule has 1 N–H and O–H groups in total. The third-order valence-electron chi connectivity index (χ3n) is 3.39. The third-order valence-corrected chi connectivity index (χ3v) is 3.39. The first-order chi connectivity index (χ1) is 6.86. The predicted octanol–water partition coefficient (Wildman–Crippen LogP) is 0.849. The van der Waals surface area contributed by atoms with E-state index in [0.717, 1.165) is 25.8 Å². The highest BCUT2D eigenvalue weighted by molar-refractivity contribution is 4.79. The van der Waals surface area contributed by atoms with Crippen LogP contribution in [-0.2, 0) is 4.74 Å². The average Bonchev–Trinajstić information content (AvgIpc) is 2.72. The summed E-state index contributed by atoms with van der Waals surface area (Å²) in [5.41, 5.74) is 0. The molecule has 2 saturated heterocycles. The number of rotatable bonds is 3. The average molecular weight is 198 g/mol. The molecule has 0 aromatic rings. The van der Waals surface area contributed by atoms with Gasteiger partial charge in [-0.05, 0) is 39.3 Å². The summed E-state index contributed by atoms with van der Waals surface area (Å²) in [6.07, 6.45) is 4.01. The lowest BCUT2D eigenvalue weighted by Gasteiger charge is -2.30. The highest BCUT2D eigenvalue weighted by Gasteiger charge is 2.22. The molecule has 3 nitrogen and oxygen atoms in total. The van der Waals surface area contributed by atoms with Crippen LogP contribution >= 0.6 is 0 Å². The molecular weight excluding hydrogens is 176 g/mol. The van der Waals surface area contributed by atoms with Gasteiger partial charge in [0.15, 0.2) is 0 Å². The molecule has 0 aromatic carbocycles. The molecule has 0 saturated carbocycles. The zero-order valence-electron chi connectivity index (χ0n) is 9.17. The van der Waals surface area contributed by atoms with E-state index in [4.69, 9.17) is 4.74 Å². The molecule has 2 atom stereocenters. The van der Waals surface area contributed by atoms with Crippen molar-refractivity contribution in [2.45, 2.75) is 38.3 Å². The predicted molar refractivity (Wildman–Crippen MR) is 57.5 cm³/mol. The number of likely N-dealkylation sites (tertiary alicyclic amines) is 1. The molecule has 3 heteroatoms. The Bertz CT molecular complexity index is 163. The number of ether oxygens (including phenoxy) is 1. The van der Waals surface area contributed by atoms with Crippen molar-refractivity contribution in [1.82, 2.24) is 10.2 Å². The molecule has 0 spiro atoms. The quantitative estimate of drug-likeness (QED) is 0.727. The fraction of sp³-hybridized carbons (Fsp3) is 1.00. The van der Waals surface area contributed by atoms with E-state index in [1.807, 2.05) is 0 Å². The van der Waals surface area contributed by atoms with E-state index in [1.165, 1.54) is 32.4 Å². The Kier molecular flexibility index (Phi) is 3.79. The van der Waals surface area contributed by atoms with E-state index in [1.54, 1.807) is 0 Å². The van der Waals surface area contributed by atoms with Crippen molar-refractivity contribution in [3.63, 3.8) is 0 Å². The van der Waals surface area contributed by atoms with Crippen LogP contribution in [0.15, 0.2) is 0 Å². The van der Waals surface area contributed by atoms with Crippen LogP contribution in [0.3, 0.4) is 0 Å². The van der Waals surface area contributed by atoms with E-state index in [0.29, 0.717) is 6.04 Å². The highest BCUT2D eigenvalue weighted by Crippen LogP contribution is 2.15. The first kappa shape index (κ1) is 10.4. The summed E-state index contributed by atoms with van der Waals surface area (Å²) in [5.74, 6) is 0. The van der Waals surface area contributed by atoms with E-state index < -0.39 is 0 Å². The molecule has 14 heavy (non-hydrogen) atoms. The molecule has 82 valence electrons. The summed E-state index contributed by atoms with van der Waals surface area (Å²) < 4.78 is 5.46. The molecule has 0 radical (unpaired) electrons. The molecule has 2 rings (SSSR count). The number of hydrogen-bond donors (Lipinski definition) is 1. The van der Waals surface area contributed by atoms with Crippen LogP contribution in [0, 0.1) is 0 Å². The topological polar surface area (TPSA) is 24.5 Å². The van der Waals surface area contributed by atoms with Gasteiger partial charge in [-0.25, -0.2) is 0 Å². The molecule has 0 aromatic heterocycles. The maximum absolute atomic E-state index is 5.46. The van der Waals surface area contributed by atoms with Crippen LogP contribution in [0.1, 0.15) is 26.2 Å². The summed E-state index contributed by atoms with van der Waals surface area (Å²) in [5, 5.41) is 3.52. The van der Waals surface area contributed by atoms with Crippen molar-refractivity contribution in [2.75, 3.05) is 32.8 Å². The Hall–Kier alpha value is -0.120. The lowest BCUT2D eigenvalue weighted by Crippen LogP contribution is -2.45. The van der Waals surface area contributed by atoms with Crippen LogP contribution in [0.5, 0.6) is 0 Å². The van der Waals surface area contributed by atoms with Gasteiger partial charge < -0.3 is 15.0 Å². The number of nitrogens with one attached hydrogen (secondary N) is 1. The smallest absolute Gasteiger partial charge is 0.0620 e. The van der Waals surface area contributed by atoms with Gasteiger partial charge in [-0.15, -0.1) is 0 Å². The second-order valence-corrected chi connectivity index (χ2v) is 4.55. The zero-order chi connectivity index (χ0) is 9.80. The largest absolute Gasteiger partial charge is 0.379 e. The Morgan fingerprint density at radius 1 is 1.43 bits per heavy atom. The van der Waals surface area contributed by atoms with Crippen molar-refractivity contribution in [3.05, 3.63) is 0 Å². The van der Waals surface area contributed by atoms with Crippen molar-refractivity contribution in [3.8, 4) is 0 Å². The van der Waals surface area contributed by atoms with Crippen molar-refractivity contribution < 1.29 is 4.74 Å². The van der Waals surface area contributed by atoms with Gasteiger partial charge >= 0.3 is 0 Å². The summed E-state index contributed by atoms with van der Waals surface area (Å²) in [4.78, 5) is 2.61. The van der Waals surface area contributed by atoms with Crippen LogP contribution in [0.25, 0.3) is 0 Å². The lowest BCUT2D eigenvalue weighted by molar-refractivity contribution is 0.0643. The number of hydrogen-bond acceptors (Lipinski definition) is 3. The maximum Gasteiger partial charge on any atom is 0.0620 e. The molecule has 2 aliphatic rings. The van der Waals surface area contributed by atoms with Gasteiger partial charge in [-0.2, -0.15) is 0 Å². The van der Waals surface area contributed by atoms with Crippen LogP contribution < -0.4 is 5.32 Å². The fourth-order valence-corrected chi connectivity index (χ4v) is 2.51. The van der Waals surface area contributed by atoms with Crippen molar-refractivity contribution >= 4 is 0 Å². The molecule has 0 aliphatic carbocycles. The minimum atomic E-state index is 0.583. The van der Waals surface area contributed by atoms with Crippen LogP contribution in [0.4, 0.5) is 0 Å². The summed E-state index contributed by atoms with van der Waals surface area (Å²) >= 11 is 0. The first-order valence-corrected chi connectivity index (χ1v) is 5.91. The van der Waals surface area contributed by atoms with E-state index >= 15 is 0 Å². The SMILES string of the molecule is CC(CC1COCCN1)N1CCCC1. The molecule has 0 amide bonds. The molecule has 2 unspecified atom stereocenters. The Balaban J connectivity index is 1.72. The minimum Gasteiger partial charge on any atom is -0.379 e. The van der Waals surface area contributed by atoms with Gasteiger partial charge in [-0.1, -0.05) is 0 Å².